The van der Waals surface area contributed by atoms with Crippen molar-refractivity contribution in [1.82, 2.24) is 0 Å². The van der Waals surface area contributed by atoms with Gasteiger partial charge in [-0.25, -0.2) is 4.39 Å². The van der Waals surface area contributed by atoms with Crippen LogP contribution in [0.4, 0.5) is 4.39 Å². The zero-order valence-corrected chi connectivity index (χ0v) is 15.3. The number of hydrogen-bond donors (Lipinski definition) is 1. The molecule has 0 aliphatic heterocycles. The Bertz CT molecular complexity index is 674. The molecule has 0 saturated heterocycles. The summed E-state index contributed by atoms with van der Waals surface area (Å²) in [5, 5.41) is 2.52. The number of primary amides is 1. The van der Waals surface area contributed by atoms with Gasteiger partial charge in [-0.05, 0) is 56.7 Å². The van der Waals surface area contributed by atoms with Gasteiger partial charge in [0, 0.05) is 26.4 Å². The Labute approximate surface area is 150 Å². The molecule has 3 nitrogen and oxygen atoms in total. The molecular formula is C18H21ClFNO2S. The number of fused-ring (bicyclic) bond motifs is 1. The van der Waals surface area contributed by atoms with Crippen molar-refractivity contribution in [2.45, 2.75) is 39.5 Å². The van der Waals surface area contributed by atoms with Crippen LogP contribution in [0.3, 0.4) is 0 Å². The molecule has 0 fully saturated rings. The van der Waals surface area contributed by atoms with Gasteiger partial charge in [0.2, 0.25) is 6.41 Å². The molecule has 0 radical (unpaired) electrons. The van der Waals surface area contributed by atoms with Gasteiger partial charge in [0.05, 0.1) is 0 Å². The Morgan fingerprint density at radius 2 is 1.83 bits per heavy atom. The lowest BCUT2D eigenvalue weighted by Gasteiger charge is -2.10. The molecule has 130 valence electrons. The van der Waals surface area contributed by atoms with Crippen LogP contribution in [0.25, 0.3) is 0 Å². The van der Waals surface area contributed by atoms with Crippen molar-refractivity contribution in [3.63, 3.8) is 0 Å². The lowest BCUT2D eigenvalue weighted by atomic mass is 9.96. The number of nitrogens with two attached hydrogens (primary N) is 1. The Kier molecular flexibility index (Phi) is 8.65. The summed E-state index contributed by atoms with van der Waals surface area (Å²) < 4.78 is 12.7. The molecule has 1 aliphatic rings. The second-order valence-corrected chi connectivity index (χ2v) is 6.70. The van der Waals surface area contributed by atoms with Gasteiger partial charge in [-0.1, -0.05) is 17.7 Å². The highest BCUT2D eigenvalue weighted by Crippen LogP contribution is 2.28. The lowest BCUT2D eigenvalue weighted by molar-refractivity contribution is -0.106. The monoisotopic (exact) mass is 369 g/mol. The topological polar surface area (TPSA) is 60.2 Å². The number of rotatable bonds is 1. The van der Waals surface area contributed by atoms with Crippen molar-refractivity contribution in [2.75, 3.05) is 0 Å². The van der Waals surface area contributed by atoms with E-state index in [2.05, 4.69) is 5.73 Å². The van der Waals surface area contributed by atoms with E-state index < -0.39 is 0 Å². The molecule has 2 aromatic rings. The molecule has 3 rings (SSSR count). The van der Waals surface area contributed by atoms with Gasteiger partial charge in [-0.15, -0.1) is 11.3 Å². The second-order valence-electron chi connectivity index (χ2n) is 5.36. The normalized spacial score (nSPS) is 12.0. The van der Waals surface area contributed by atoms with E-state index in [1.165, 1.54) is 35.8 Å². The van der Waals surface area contributed by atoms with Crippen LogP contribution < -0.4 is 5.73 Å². The Hall–Kier alpha value is -1.72. The van der Waals surface area contributed by atoms with Crippen LogP contribution in [0.1, 0.15) is 44.8 Å². The highest BCUT2D eigenvalue weighted by molar-refractivity contribution is 7.10. The Morgan fingerprint density at radius 1 is 1.21 bits per heavy atom. The summed E-state index contributed by atoms with van der Waals surface area (Å²) in [6, 6.07) is 3.10. The SMILES string of the molecule is Cc1ccc(F)c(C)c1Cl.NC=O.O=Cc1csc2c1CCCC2. The first-order chi connectivity index (χ1) is 11.5. The molecule has 1 heterocycles. The fraction of sp³-hybridized carbons (Fsp3) is 0.333. The van der Waals surface area contributed by atoms with Crippen LogP contribution in [0, 0.1) is 19.7 Å². The summed E-state index contributed by atoms with van der Waals surface area (Å²) in [6.45, 7) is 3.53. The third-order valence-electron chi connectivity index (χ3n) is 3.73. The molecule has 0 bridgehead atoms. The number of amides is 1. The standard InChI is InChI=1S/C9H10OS.C8H8ClF.CH3NO/c10-5-7-6-11-9-4-2-1-3-8(7)9;1-5-3-4-7(10)6(2)8(5)9;2-1-3/h5-6H,1-4H2;3-4H,1-2H3;1H,(H2,2,3). The first-order valence-electron chi connectivity index (χ1n) is 7.57. The number of carbonyl (C=O) groups excluding carboxylic acids is 2. The van der Waals surface area contributed by atoms with E-state index >= 15 is 0 Å². The van der Waals surface area contributed by atoms with Gasteiger partial charge >= 0.3 is 0 Å². The first kappa shape index (κ1) is 20.3. The highest BCUT2D eigenvalue weighted by atomic mass is 35.5. The summed E-state index contributed by atoms with van der Waals surface area (Å²) in [5.41, 5.74) is 7.88. The zero-order chi connectivity index (χ0) is 18.1. The number of aryl methyl sites for hydroxylation is 2. The molecule has 24 heavy (non-hydrogen) atoms. The predicted molar refractivity (Wildman–Crippen MR) is 97.5 cm³/mol. The second kappa shape index (κ2) is 10.2. The van der Waals surface area contributed by atoms with Gasteiger partial charge in [-0.3, -0.25) is 9.59 Å². The van der Waals surface area contributed by atoms with Gasteiger partial charge < -0.3 is 5.73 Å². The molecule has 0 atom stereocenters. The van der Waals surface area contributed by atoms with Gasteiger partial charge in [0.15, 0.2) is 6.29 Å². The summed E-state index contributed by atoms with van der Waals surface area (Å²) in [4.78, 5) is 20.6. The third kappa shape index (κ3) is 5.42. The number of benzene rings is 1. The molecule has 0 saturated carbocycles. The van der Waals surface area contributed by atoms with Gasteiger partial charge in [0.1, 0.15) is 5.82 Å². The van der Waals surface area contributed by atoms with Crippen molar-refractivity contribution in [2.24, 2.45) is 5.73 Å². The molecule has 1 amide bonds. The number of aldehydes is 1. The highest BCUT2D eigenvalue weighted by Gasteiger charge is 2.14. The van der Waals surface area contributed by atoms with Crippen LogP contribution in [-0.4, -0.2) is 12.7 Å². The minimum absolute atomic E-state index is 0.240. The summed E-state index contributed by atoms with van der Waals surface area (Å²) in [5.74, 6) is -0.240. The maximum absolute atomic E-state index is 12.7. The van der Waals surface area contributed by atoms with E-state index in [0.29, 0.717) is 10.6 Å². The van der Waals surface area contributed by atoms with Crippen LogP contribution in [-0.2, 0) is 17.6 Å². The van der Waals surface area contributed by atoms with Crippen LogP contribution in [0.5, 0.6) is 0 Å². The van der Waals surface area contributed by atoms with Crippen molar-refractivity contribution in [3.8, 4) is 0 Å². The molecule has 2 N–H and O–H groups in total. The summed E-state index contributed by atoms with van der Waals surface area (Å²) >= 11 is 7.49. The number of hydrogen-bond acceptors (Lipinski definition) is 3. The molecule has 1 aromatic heterocycles. The molecule has 0 unspecified atom stereocenters. The fourth-order valence-corrected chi connectivity index (χ4v) is 3.66. The summed E-state index contributed by atoms with van der Waals surface area (Å²) in [6.07, 6.45) is 6.10. The van der Waals surface area contributed by atoms with Gasteiger partial charge in [0.25, 0.3) is 0 Å². The van der Waals surface area contributed by atoms with E-state index in [4.69, 9.17) is 16.4 Å². The first-order valence-corrected chi connectivity index (χ1v) is 8.83. The lowest BCUT2D eigenvalue weighted by Crippen LogP contribution is -2.00. The van der Waals surface area contributed by atoms with Crippen LogP contribution in [0.15, 0.2) is 17.5 Å². The third-order valence-corrected chi connectivity index (χ3v) is 5.42. The molecule has 1 aliphatic carbocycles. The number of thiophene rings is 1. The molecule has 1 aromatic carbocycles. The molecule has 6 heteroatoms. The average molecular weight is 370 g/mol. The maximum Gasteiger partial charge on any atom is 0.204 e. The average Bonchev–Trinajstić information content (AvgIpc) is 3.01. The van der Waals surface area contributed by atoms with E-state index in [0.717, 1.165) is 23.8 Å². The van der Waals surface area contributed by atoms with E-state index in [9.17, 15) is 9.18 Å². The van der Waals surface area contributed by atoms with E-state index in [1.807, 2.05) is 12.3 Å². The van der Waals surface area contributed by atoms with Crippen molar-refractivity contribution >= 4 is 35.6 Å². The maximum atomic E-state index is 12.7. The van der Waals surface area contributed by atoms with Crippen molar-refractivity contribution in [1.29, 1.82) is 0 Å². The van der Waals surface area contributed by atoms with Crippen LogP contribution >= 0.6 is 22.9 Å². The van der Waals surface area contributed by atoms with Gasteiger partial charge in [-0.2, -0.15) is 0 Å². The van der Waals surface area contributed by atoms with Crippen molar-refractivity contribution < 1.29 is 14.0 Å². The smallest absolute Gasteiger partial charge is 0.204 e. The number of carbonyl (C=O) groups is 2. The van der Waals surface area contributed by atoms with E-state index in [1.54, 1.807) is 24.3 Å². The Balaban J connectivity index is 0.000000208. The fourth-order valence-electron chi connectivity index (χ4n) is 2.41. The minimum atomic E-state index is -0.240. The molecule has 0 spiro atoms. The largest absolute Gasteiger partial charge is 0.372 e. The number of halogens is 2. The quantitative estimate of drug-likeness (QED) is 0.744. The molecular weight excluding hydrogens is 349 g/mol. The van der Waals surface area contributed by atoms with E-state index in [-0.39, 0.29) is 12.2 Å². The predicted octanol–water partition coefficient (Wildman–Crippen LogP) is 4.64. The van der Waals surface area contributed by atoms with Crippen molar-refractivity contribution in [3.05, 3.63) is 55.5 Å². The van der Waals surface area contributed by atoms with Crippen LogP contribution in [0.2, 0.25) is 5.02 Å². The summed E-state index contributed by atoms with van der Waals surface area (Å²) in [7, 11) is 0. The zero-order valence-electron chi connectivity index (χ0n) is 13.8. The minimum Gasteiger partial charge on any atom is -0.372 e. The Morgan fingerprint density at radius 3 is 2.42 bits per heavy atom.